The maximum absolute atomic E-state index is 6.50. The highest BCUT2D eigenvalue weighted by atomic mass is 35.5. The second kappa shape index (κ2) is 7.67. The molecule has 0 radical (unpaired) electrons. The number of aromatic nitrogens is 1. The molecule has 0 aromatic carbocycles. The Bertz CT molecular complexity index is 267. The highest BCUT2D eigenvalue weighted by Gasteiger charge is 2.18. The lowest BCUT2D eigenvalue weighted by molar-refractivity contribution is 0.416. The Hall–Kier alpha value is -0.560. The minimum atomic E-state index is 0.231. The van der Waals surface area contributed by atoms with E-state index < -0.39 is 0 Å². The van der Waals surface area contributed by atoms with E-state index in [4.69, 9.17) is 11.6 Å². The van der Waals surface area contributed by atoms with Crippen LogP contribution in [0.1, 0.15) is 45.2 Å². The summed E-state index contributed by atoms with van der Waals surface area (Å²) in [5, 5.41) is 0.231. The molecule has 0 amide bonds. The van der Waals surface area contributed by atoms with Crippen molar-refractivity contribution in [2.24, 2.45) is 5.92 Å². The first kappa shape index (κ1) is 13.5. The highest BCUT2D eigenvalue weighted by Crippen LogP contribution is 2.24. The van der Waals surface area contributed by atoms with E-state index in [9.17, 15) is 0 Å². The molecule has 0 aliphatic carbocycles. The van der Waals surface area contributed by atoms with Crippen LogP contribution in [-0.2, 0) is 6.42 Å². The van der Waals surface area contributed by atoms with Crippen LogP contribution in [0.5, 0.6) is 0 Å². The second-order valence-corrected chi connectivity index (χ2v) is 4.94. The molecule has 0 saturated heterocycles. The Balaban J connectivity index is 2.51. The van der Waals surface area contributed by atoms with E-state index in [-0.39, 0.29) is 5.38 Å². The van der Waals surface area contributed by atoms with E-state index >= 15 is 0 Å². The number of pyridine rings is 1. The van der Waals surface area contributed by atoms with Crippen LogP contribution in [0.3, 0.4) is 0 Å². The molecular weight excluding hydrogens is 218 g/mol. The van der Waals surface area contributed by atoms with Crippen LogP contribution in [0.25, 0.3) is 0 Å². The zero-order valence-electron chi connectivity index (χ0n) is 10.3. The van der Waals surface area contributed by atoms with Gasteiger partial charge in [-0.05, 0) is 30.9 Å². The minimum Gasteiger partial charge on any atom is -0.261 e. The van der Waals surface area contributed by atoms with Gasteiger partial charge in [-0.3, -0.25) is 4.98 Å². The van der Waals surface area contributed by atoms with Gasteiger partial charge in [-0.15, -0.1) is 11.6 Å². The fraction of sp³-hybridized carbons (Fsp3) is 0.643. The van der Waals surface area contributed by atoms with Crippen molar-refractivity contribution >= 4 is 11.6 Å². The molecule has 0 aliphatic rings. The first-order chi connectivity index (χ1) is 7.77. The van der Waals surface area contributed by atoms with Crippen molar-refractivity contribution in [2.75, 3.05) is 0 Å². The van der Waals surface area contributed by atoms with Crippen LogP contribution in [0.2, 0.25) is 0 Å². The van der Waals surface area contributed by atoms with Gasteiger partial charge in [-0.1, -0.05) is 32.8 Å². The van der Waals surface area contributed by atoms with E-state index in [1.807, 2.05) is 18.3 Å². The Labute approximate surface area is 104 Å². The lowest BCUT2D eigenvalue weighted by Crippen LogP contribution is -2.18. The van der Waals surface area contributed by atoms with Crippen LogP contribution < -0.4 is 0 Å². The van der Waals surface area contributed by atoms with E-state index in [1.54, 1.807) is 0 Å². The first-order valence-corrected chi connectivity index (χ1v) is 6.75. The number of halogens is 1. The van der Waals surface area contributed by atoms with E-state index in [1.165, 1.54) is 25.7 Å². The van der Waals surface area contributed by atoms with E-state index in [2.05, 4.69) is 24.9 Å². The molecule has 0 bridgehead atoms. The van der Waals surface area contributed by atoms with Gasteiger partial charge in [0.15, 0.2) is 0 Å². The molecule has 0 N–H and O–H groups in total. The minimum absolute atomic E-state index is 0.231. The van der Waals surface area contributed by atoms with E-state index in [0.29, 0.717) is 5.92 Å². The van der Waals surface area contributed by atoms with Crippen molar-refractivity contribution in [3.63, 3.8) is 0 Å². The SMILES string of the molecule is CCCC(CCC)C(Cl)Cc1ccccn1. The monoisotopic (exact) mass is 239 g/mol. The summed E-state index contributed by atoms with van der Waals surface area (Å²) in [6.45, 7) is 4.46. The van der Waals surface area contributed by atoms with Crippen molar-refractivity contribution < 1.29 is 0 Å². The summed E-state index contributed by atoms with van der Waals surface area (Å²) in [5.74, 6) is 0.638. The molecule has 1 rings (SSSR count). The normalized spacial score (nSPS) is 13.0. The molecule has 1 nitrogen and oxygen atoms in total. The van der Waals surface area contributed by atoms with E-state index in [0.717, 1.165) is 12.1 Å². The summed E-state index contributed by atoms with van der Waals surface area (Å²) in [5.41, 5.74) is 1.11. The number of alkyl halides is 1. The maximum atomic E-state index is 6.50. The van der Waals surface area contributed by atoms with Crippen molar-refractivity contribution in [3.05, 3.63) is 30.1 Å². The Morgan fingerprint density at radius 3 is 2.38 bits per heavy atom. The van der Waals surface area contributed by atoms with Crippen LogP contribution in [0.15, 0.2) is 24.4 Å². The molecule has 16 heavy (non-hydrogen) atoms. The summed E-state index contributed by atoms with van der Waals surface area (Å²) in [6, 6.07) is 6.03. The zero-order chi connectivity index (χ0) is 11.8. The Morgan fingerprint density at radius 2 is 1.88 bits per heavy atom. The maximum Gasteiger partial charge on any atom is 0.0419 e. The predicted octanol–water partition coefficient (Wildman–Crippen LogP) is 4.45. The molecule has 1 aromatic heterocycles. The smallest absolute Gasteiger partial charge is 0.0419 e. The molecule has 0 spiro atoms. The molecule has 1 aromatic rings. The number of rotatable bonds is 7. The second-order valence-electron chi connectivity index (χ2n) is 4.38. The summed E-state index contributed by atoms with van der Waals surface area (Å²) >= 11 is 6.50. The molecule has 0 saturated carbocycles. The third-order valence-electron chi connectivity index (χ3n) is 2.96. The van der Waals surface area contributed by atoms with Gasteiger partial charge in [0.05, 0.1) is 0 Å². The topological polar surface area (TPSA) is 12.9 Å². The fourth-order valence-electron chi connectivity index (χ4n) is 2.13. The first-order valence-electron chi connectivity index (χ1n) is 6.31. The van der Waals surface area contributed by atoms with Gasteiger partial charge in [0.2, 0.25) is 0 Å². The van der Waals surface area contributed by atoms with Crippen molar-refractivity contribution in [2.45, 2.75) is 51.3 Å². The molecule has 2 heteroatoms. The molecule has 0 aliphatic heterocycles. The summed E-state index contributed by atoms with van der Waals surface area (Å²) < 4.78 is 0. The third-order valence-corrected chi connectivity index (χ3v) is 3.47. The molecule has 1 atom stereocenters. The Morgan fingerprint density at radius 1 is 1.19 bits per heavy atom. The van der Waals surface area contributed by atoms with Gasteiger partial charge in [0, 0.05) is 23.7 Å². The number of hydrogen-bond donors (Lipinski definition) is 0. The highest BCUT2D eigenvalue weighted by molar-refractivity contribution is 6.20. The zero-order valence-corrected chi connectivity index (χ0v) is 11.1. The molecule has 1 heterocycles. The van der Waals surface area contributed by atoms with Gasteiger partial charge in [0.25, 0.3) is 0 Å². The molecule has 0 fully saturated rings. The lowest BCUT2D eigenvalue weighted by atomic mass is 9.92. The summed E-state index contributed by atoms with van der Waals surface area (Å²) in [4.78, 5) is 4.34. The van der Waals surface area contributed by atoms with Gasteiger partial charge in [0.1, 0.15) is 0 Å². The average Bonchev–Trinajstić information content (AvgIpc) is 2.30. The van der Waals surface area contributed by atoms with Crippen LogP contribution >= 0.6 is 11.6 Å². The third kappa shape index (κ3) is 4.52. The van der Waals surface area contributed by atoms with Crippen molar-refractivity contribution in [1.82, 2.24) is 4.98 Å². The van der Waals surface area contributed by atoms with Gasteiger partial charge in [-0.25, -0.2) is 0 Å². The van der Waals surface area contributed by atoms with Gasteiger partial charge < -0.3 is 0 Å². The van der Waals surface area contributed by atoms with Gasteiger partial charge in [-0.2, -0.15) is 0 Å². The van der Waals surface area contributed by atoms with Crippen molar-refractivity contribution in [1.29, 1.82) is 0 Å². The van der Waals surface area contributed by atoms with Crippen molar-refractivity contribution in [3.8, 4) is 0 Å². The summed E-state index contributed by atoms with van der Waals surface area (Å²) in [7, 11) is 0. The average molecular weight is 240 g/mol. The van der Waals surface area contributed by atoms with Gasteiger partial charge >= 0.3 is 0 Å². The lowest BCUT2D eigenvalue weighted by Gasteiger charge is -2.21. The molecular formula is C14H22ClN. The standard InChI is InChI=1S/C14H22ClN/c1-3-7-12(8-4-2)14(15)11-13-9-5-6-10-16-13/h5-6,9-10,12,14H,3-4,7-8,11H2,1-2H3. The van der Waals surface area contributed by atoms with Crippen LogP contribution in [0, 0.1) is 5.92 Å². The quantitative estimate of drug-likeness (QED) is 0.641. The molecule has 1 unspecified atom stereocenters. The largest absolute Gasteiger partial charge is 0.261 e. The Kier molecular flexibility index (Phi) is 6.47. The van der Waals surface area contributed by atoms with Crippen LogP contribution in [-0.4, -0.2) is 10.4 Å². The predicted molar refractivity (Wildman–Crippen MR) is 70.9 cm³/mol. The van der Waals surface area contributed by atoms with Crippen LogP contribution in [0.4, 0.5) is 0 Å². The fourth-order valence-corrected chi connectivity index (χ4v) is 2.54. The number of hydrogen-bond acceptors (Lipinski definition) is 1. The molecule has 90 valence electrons. The number of nitrogens with zero attached hydrogens (tertiary/aromatic N) is 1. The summed E-state index contributed by atoms with van der Waals surface area (Å²) in [6.07, 6.45) is 7.64.